The van der Waals surface area contributed by atoms with Gasteiger partial charge in [0.25, 0.3) is 0 Å². The molecule has 0 aliphatic heterocycles. The van der Waals surface area contributed by atoms with Crippen molar-refractivity contribution < 1.29 is 4.39 Å². The molecule has 4 heteroatoms. The van der Waals surface area contributed by atoms with Crippen molar-refractivity contribution in [3.05, 3.63) is 34.6 Å². The minimum atomic E-state index is -0.248. The lowest BCUT2D eigenvalue weighted by molar-refractivity contribution is 0.530. The van der Waals surface area contributed by atoms with Crippen LogP contribution in [0.25, 0.3) is 0 Å². The number of alkyl halides is 1. The minimum absolute atomic E-state index is 0.248. The third-order valence-corrected chi connectivity index (χ3v) is 3.53. The maximum atomic E-state index is 13.0. The van der Waals surface area contributed by atoms with Crippen LogP contribution in [0.5, 0.6) is 0 Å². The van der Waals surface area contributed by atoms with E-state index in [4.69, 9.17) is 23.2 Å². The first-order valence-corrected chi connectivity index (χ1v) is 6.75. The molecule has 1 aromatic carbocycles. The summed E-state index contributed by atoms with van der Waals surface area (Å²) in [5.74, 6) is 1.01. The molecule has 0 spiro atoms. The normalized spacial score (nSPS) is 12.7. The third kappa shape index (κ3) is 5.71. The highest BCUT2D eigenvalue weighted by Crippen LogP contribution is 2.16. The summed E-state index contributed by atoms with van der Waals surface area (Å²) in [5, 5.41) is 3.86. The lowest BCUT2D eigenvalue weighted by Gasteiger charge is -2.09. The van der Waals surface area contributed by atoms with E-state index in [1.807, 2.05) is 0 Å². The van der Waals surface area contributed by atoms with Gasteiger partial charge in [0.05, 0.1) is 0 Å². The molecule has 0 amide bonds. The van der Waals surface area contributed by atoms with Gasteiger partial charge in [0.1, 0.15) is 5.82 Å². The van der Waals surface area contributed by atoms with E-state index in [1.54, 1.807) is 6.07 Å². The van der Waals surface area contributed by atoms with Crippen molar-refractivity contribution in [2.24, 2.45) is 5.92 Å². The van der Waals surface area contributed by atoms with Crippen LogP contribution >= 0.6 is 23.2 Å². The Balaban J connectivity index is 2.24. The summed E-state index contributed by atoms with van der Waals surface area (Å²) in [5.41, 5.74) is 0.803. The van der Waals surface area contributed by atoms with E-state index in [9.17, 15) is 4.39 Å². The molecule has 0 aliphatic rings. The summed E-state index contributed by atoms with van der Waals surface area (Å²) in [6, 6.07) is 4.42. The second-order valence-electron chi connectivity index (χ2n) is 4.31. The van der Waals surface area contributed by atoms with Crippen LogP contribution in [-0.4, -0.2) is 12.4 Å². The number of hydrogen-bond acceptors (Lipinski definition) is 1. The van der Waals surface area contributed by atoms with Crippen LogP contribution in [-0.2, 0) is 6.54 Å². The molecular weight excluding hydrogens is 260 g/mol. The molecular formula is C13H18Cl2FN. The van der Waals surface area contributed by atoms with Crippen molar-refractivity contribution in [1.29, 1.82) is 0 Å². The van der Waals surface area contributed by atoms with Crippen molar-refractivity contribution in [3.8, 4) is 0 Å². The standard InChI is InChI=1S/C13H18Cl2FN/c1-10(8-14)3-2-6-17-9-11-7-12(16)4-5-13(11)15/h4-5,7,10,17H,2-3,6,8-9H2,1H3. The van der Waals surface area contributed by atoms with Gasteiger partial charge < -0.3 is 5.32 Å². The number of rotatable bonds is 7. The third-order valence-electron chi connectivity index (χ3n) is 2.64. The summed E-state index contributed by atoms with van der Waals surface area (Å²) in [6.07, 6.45) is 2.17. The van der Waals surface area contributed by atoms with Crippen molar-refractivity contribution in [2.75, 3.05) is 12.4 Å². The van der Waals surface area contributed by atoms with E-state index in [2.05, 4.69) is 12.2 Å². The molecule has 0 aliphatic carbocycles. The van der Waals surface area contributed by atoms with E-state index in [-0.39, 0.29) is 5.82 Å². The predicted molar refractivity (Wildman–Crippen MR) is 72.2 cm³/mol. The molecule has 1 aromatic rings. The highest BCUT2D eigenvalue weighted by Gasteiger charge is 2.02. The van der Waals surface area contributed by atoms with Gasteiger partial charge in [-0.1, -0.05) is 18.5 Å². The van der Waals surface area contributed by atoms with Crippen LogP contribution in [0.15, 0.2) is 18.2 Å². The Kier molecular flexibility index (Phi) is 6.86. The largest absolute Gasteiger partial charge is 0.313 e. The summed E-state index contributed by atoms with van der Waals surface area (Å²) >= 11 is 11.7. The molecule has 0 radical (unpaired) electrons. The predicted octanol–water partition coefficient (Wildman–Crippen LogP) is 4.22. The first kappa shape index (κ1) is 14.7. The SMILES string of the molecule is CC(CCl)CCCNCc1cc(F)ccc1Cl. The second-order valence-corrected chi connectivity index (χ2v) is 5.03. The summed E-state index contributed by atoms with van der Waals surface area (Å²) in [7, 11) is 0. The zero-order valence-corrected chi connectivity index (χ0v) is 11.5. The Hall–Kier alpha value is -0.310. The van der Waals surface area contributed by atoms with E-state index < -0.39 is 0 Å². The monoisotopic (exact) mass is 277 g/mol. The Morgan fingerprint density at radius 3 is 2.88 bits per heavy atom. The first-order valence-electron chi connectivity index (χ1n) is 5.84. The number of hydrogen-bond donors (Lipinski definition) is 1. The molecule has 96 valence electrons. The molecule has 0 heterocycles. The van der Waals surface area contributed by atoms with E-state index >= 15 is 0 Å². The van der Waals surface area contributed by atoms with Crippen LogP contribution < -0.4 is 5.32 Å². The molecule has 1 nitrogen and oxygen atoms in total. The molecule has 1 rings (SSSR count). The van der Waals surface area contributed by atoms with Crippen LogP contribution in [0.3, 0.4) is 0 Å². The zero-order valence-electron chi connectivity index (χ0n) is 9.98. The van der Waals surface area contributed by atoms with Gasteiger partial charge in [-0.25, -0.2) is 4.39 Å². The lowest BCUT2D eigenvalue weighted by Crippen LogP contribution is -2.16. The van der Waals surface area contributed by atoms with E-state index in [0.717, 1.165) is 24.9 Å². The fourth-order valence-corrected chi connectivity index (χ4v) is 1.89. The molecule has 17 heavy (non-hydrogen) atoms. The molecule has 0 fully saturated rings. The smallest absolute Gasteiger partial charge is 0.123 e. The van der Waals surface area contributed by atoms with Gasteiger partial charge in [-0.2, -0.15) is 0 Å². The van der Waals surface area contributed by atoms with Crippen molar-refractivity contribution in [2.45, 2.75) is 26.3 Å². The molecule has 1 unspecified atom stereocenters. The summed E-state index contributed by atoms with van der Waals surface area (Å²) in [6.45, 7) is 3.64. The maximum absolute atomic E-state index is 13.0. The Bertz CT molecular complexity index is 344. The topological polar surface area (TPSA) is 12.0 Å². The van der Waals surface area contributed by atoms with Gasteiger partial charge in [0.15, 0.2) is 0 Å². The van der Waals surface area contributed by atoms with Crippen molar-refractivity contribution >= 4 is 23.2 Å². The summed E-state index contributed by atoms with van der Waals surface area (Å²) in [4.78, 5) is 0. The quantitative estimate of drug-likeness (QED) is 0.581. The van der Waals surface area contributed by atoms with Crippen LogP contribution in [0.2, 0.25) is 5.02 Å². The number of nitrogens with one attached hydrogen (secondary N) is 1. The average molecular weight is 278 g/mol. The molecule has 0 aromatic heterocycles. The highest BCUT2D eigenvalue weighted by molar-refractivity contribution is 6.31. The minimum Gasteiger partial charge on any atom is -0.313 e. The molecule has 0 saturated heterocycles. The van der Waals surface area contributed by atoms with Gasteiger partial charge in [-0.15, -0.1) is 11.6 Å². The van der Waals surface area contributed by atoms with Crippen molar-refractivity contribution in [3.63, 3.8) is 0 Å². The van der Waals surface area contributed by atoms with Crippen LogP contribution in [0.1, 0.15) is 25.3 Å². The number of halogens is 3. The first-order chi connectivity index (χ1) is 8.13. The van der Waals surface area contributed by atoms with Crippen LogP contribution in [0.4, 0.5) is 4.39 Å². The van der Waals surface area contributed by atoms with Gasteiger partial charge in [-0.3, -0.25) is 0 Å². The maximum Gasteiger partial charge on any atom is 0.123 e. The molecule has 0 bridgehead atoms. The van der Waals surface area contributed by atoms with Crippen molar-refractivity contribution in [1.82, 2.24) is 5.32 Å². The summed E-state index contributed by atoms with van der Waals surface area (Å²) < 4.78 is 13.0. The molecule has 1 atom stereocenters. The van der Waals surface area contributed by atoms with Gasteiger partial charge in [0, 0.05) is 17.4 Å². The fourth-order valence-electron chi connectivity index (χ4n) is 1.55. The molecule has 1 N–H and O–H groups in total. The van der Waals surface area contributed by atoms with E-state index in [1.165, 1.54) is 12.1 Å². The molecule has 0 saturated carbocycles. The van der Waals surface area contributed by atoms with Crippen LogP contribution in [0, 0.1) is 11.7 Å². The Morgan fingerprint density at radius 2 is 2.18 bits per heavy atom. The number of benzene rings is 1. The zero-order chi connectivity index (χ0) is 12.7. The Labute approximate surface area is 112 Å². The second kappa shape index (κ2) is 7.91. The van der Waals surface area contributed by atoms with Gasteiger partial charge >= 0.3 is 0 Å². The lowest BCUT2D eigenvalue weighted by atomic mass is 10.1. The van der Waals surface area contributed by atoms with E-state index in [0.29, 0.717) is 23.4 Å². The van der Waals surface area contributed by atoms with Gasteiger partial charge in [-0.05, 0) is 49.1 Å². The average Bonchev–Trinajstić information content (AvgIpc) is 2.32. The highest BCUT2D eigenvalue weighted by atomic mass is 35.5. The fraction of sp³-hybridized carbons (Fsp3) is 0.538. The van der Waals surface area contributed by atoms with Gasteiger partial charge in [0.2, 0.25) is 0 Å². The Morgan fingerprint density at radius 1 is 1.41 bits per heavy atom.